The third-order valence-electron chi connectivity index (χ3n) is 3.74. The minimum atomic E-state index is 0.749. The van der Waals surface area contributed by atoms with Crippen LogP contribution in [0.1, 0.15) is 16.3 Å². The zero-order valence-electron chi connectivity index (χ0n) is 15.3. The summed E-state index contributed by atoms with van der Waals surface area (Å²) in [6.45, 7) is 3.57. The van der Waals surface area contributed by atoms with E-state index in [9.17, 15) is 0 Å². The molecule has 1 aromatic carbocycles. The first-order valence-electron chi connectivity index (χ1n) is 8.22. The molecule has 0 bridgehead atoms. The third-order valence-corrected chi connectivity index (χ3v) is 4.56. The molecule has 1 heterocycles. The number of rotatable bonds is 8. The molecule has 2 N–H and O–H groups in total. The van der Waals surface area contributed by atoms with Gasteiger partial charge in [-0.3, -0.25) is 4.99 Å². The average molecular weight is 362 g/mol. The third kappa shape index (κ3) is 5.94. The Morgan fingerprint density at radius 1 is 1.16 bits per heavy atom. The van der Waals surface area contributed by atoms with Crippen LogP contribution in [-0.4, -0.2) is 45.3 Å². The molecule has 0 aliphatic rings. The molecule has 0 amide bonds. The van der Waals surface area contributed by atoms with E-state index in [-0.39, 0.29) is 0 Å². The maximum absolute atomic E-state index is 5.41. The number of thiazole rings is 1. The van der Waals surface area contributed by atoms with Crippen molar-refractivity contribution in [2.75, 3.05) is 34.4 Å². The topological polar surface area (TPSA) is 67.8 Å². The molecule has 0 saturated heterocycles. The fourth-order valence-electron chi connectivity index (χ4n) is 2.45. The molecule has 2 aromatic rings. The SMILES string of the molecule is CN=C(NCCc1csc(C)n1)NCCc1cc(OC)ccc1OC. The molecule has 7 heteroatoms. The summed E-state index contributed by atoms with van der Waals surface area (Å²) in [5.41, 5.74) is 2.22. The lowest BCUT2D eigenvalue weighted by Crippen LogP contribution is -2.39. The van der Waals surface area contributed by atoms with Crippen molar-refractivity contribution in [3.05, 3.63) is 39.8 Å². The lowest BCUT2D eigenvalue weighted by molar-refractivity contribution is 0.398. The van der Waals surface area contributed by atoms with Gasteiger partial charge in [0, 0.05) is 31.9 Å². The fraction of sp³-hybridized carbons (Fsp3) is 0.444. The van der Waals surface area contributed by atoms with Gasteiger partial charge in [0.15, 0.2) is 5.96 Å². The van der Waals surface area contributed by atoms with E-state index in [1.165, 1.54) is 0 Å². The highest BCUT2D eigenvalue weighted by Crippen LogP contribution is 2.24. The molecule has 0 aliphatic heterocycles. The first-order chi connectivity index (χ1) is 12.2. The van der Waals surface area contributed by atoms with E-state index in [0.717, 1.165) is 59.7 Å². The predicted octanol–water partition coefficient (Wildman–Crippen LogP) is 2.42. The number of aryl methyl sites for hydroxylation is 1. The number of benzene rings is 1. The first kappa shape index (κ1) is 19.1. The summed E-state index contributed by atoms with van der Waals surface area (Å²) in [5.74, 6) is 2.48. The molecular formula is C18H26N4O2S. The molecule has 0 spiro atoms. The second kappa shape index (κ2) is 9.88. The maximum atomic E-state index is 5.41. The van der Waals surface area contributed by atoms with Crippen LogP contribution < -0.4 is 20.1 Å². The Hall–Kier alpha value is -2.28. The highest BCUT2D eigenvalue weighted by molar-refractivity contribution is 7.09. The minimum absolute atomic E-state index is 0.749. The van der Waals surface area contributed by atoms with Crippen LogP contribution >= 0.6 is 11.3 Å². The van der Waals surface area contributed by atoms with Gasteiger partial charge in [0.05, 0.1) is 24.9 Å². The van der Waals surface area contributed by atoms with E-state index in [4.69, 9.17) is 9.47 Å². The number of hydrogen-bond acceptors (Lipinski definition) is 5. The Morgan fingerprint density at radius 2 is 1.92 bits per heavy atom. The molecule has 0 fully saturated rings. The zero-order valence-corrected chi connectivity index (χ0v) is 16.1. The van der Waals surface area contributed by atoms with Crippen molar-refractivity contribution < 1.29 is 9.47 Å². The Kier molecular flexibility index (Phi) is 7.53. The lowest BCUT2D eigenvalue weighted by atomic mass is 10.1. The van der Waals surface area contributed by atoms with Crippen molar-refractivity contribution in [2.45, 2.75) is 19.8 Å². The lowest BCUT2D eigenvalue weighted by Gasteiger charge is -2.13. The summed E-state index contributed by atoms with van der Waals surface area (Å²) in [7, 11) is 5.12. The minimum Gasteiger partial charge on any atom is -0.497 e. The van der Waals surface area contributed by atoms with E-state index >= 15 is 0 Å². The van der Waals surface area contributed by atoms with Crippen LogP contribution in [0.5, 0.6) is 11.5 Å². The number of aromatic nitrogens is 1. The number of guanidine groups is 1. The molecule has 0 radical (unpaired) electrons. The number of nitrogens with one attached hydrogen (secondary N) is 2. The Balaban J connectivity index is 1.79. The van der Waals surface area contributed by atoms with E-state index in [0.29, 0.717) is 0 Å². The number of aliphatic imine (C=N–C) groups is 1. The van der Waals surface area contributed by atoms with Gasteiger partial charge in [-0.2, -0.15) is 0 Å². The van der Waals surface area contributed by atoms with Crippen LogP contribution in [-0.2, 0) is 12.8 Å². The van der Waals surface area contributed by atoms with Crippen LogP contribution in [0.25, 0.3) is 0 Å². The molecular weight excluding hydrogens is 336 g/mol. The molecule has 0 saturated carbocycles. The normalized spacial score (nSPS) is 11.3. The van der Waals surface area contributed by atoms with Crippen molar-refractivity contribution in [3.8, 4) is 11.5 Å². The quantitative estimate of drug-likeness (QED) is 0.558. The van der Waals surface area contributed by atoms with Gasteiger partial charge in [0.1, 0.15) is 11.5 Å². The zero-order chi connectivity index (χ0) is 18.1. The highest BCUT2D eigenvalue weighted by atomic mass is 32.1. The molecule has 1 aromatic heterocycles. The smallest absolute Gasteiger partial charge is 0.190 e. The summed E-state index contributed by atoms with van der Waals surface area (Å²) in [6, 6.07) is 5.83. The van der Waals surface area contributed by atoms with E-state index in [1.807, 2.05) is 25.1 Å². The van der Waals surface area contributed by atoms with Crippen molar-refractivity contribution in [1.82, 2.24) is 15.6 Å². The summed E-state index contributed by atoms with van der Waals surface area (Å²) >= 11 is 1.68. The second-order valence-corrected chi connectivity index (χ2v) is 6.52. The first-order valence-corrected chi connectivity index (χ1v) is 9.10. The number of hydrogen-bond donors (Lipinski definition) is 2. The summed E-state index contributed by atoms with van der Waals surface area (Å²) < 4.78 is 10.7. The van der Waals surface area contributed by atoms with Crippen LogP contribution in [0.2, 0.25) is 0 Å². The van der Waals surface area contributed by atoms with Crippen LogP contribution in [0, 0.1) is 6.92 Å². The van der Waals surface area contributed by atoms with Crippen molar-refractivity contribution in [2.24, 2.45) is 4.99 Å². The summed E-state index contributed by atoms with van der Waals surface area (Å²) in [4.78, 5) is 8.72. The van der Waals surface area contributed by atoms with E-state index < -0.39 is 0 Å². The largest absolute Gasteiger partial charge is 0.497 e. The van der Waals surface area contributed by atoms with Gasteiger partial charge in [0.2, 0.25) is 0 Å². The van der Waals surface area contributed by atoms with Gasteiger partial charge < -0.3 is 20.1 Å². The molecule has 0 atom stereocenters. The van der Waals surface area contributed by atoms with Crippen LogP contribution in [0.3, 0.4) is 0 Å². The van der Waals surface area contributed by atoms with Gasteiger partial charge >= 0.3 is 0 Å². The Morgan fingerprint density at radius 3 is 2.52 bits per heavy atom. The van der Waals surface area contributed by atoms with Gasteiger partial charge in [-0.05, 0) is 37.1 Å². The molecule has 25 heavy (non-hydrogen) atoms. The molecule has 6 nitrogen and oxygen atoms in total. The van der Waals surface area contributed by atoms with Crippen LogP contribution in [0.15, 0.2) is 28.6 Å². The predicted molar refractivity (Wildman–Crippen MR) is 103 cm³/mol. The van der Waals surface area contributed by atoms with Crippen molar-refractivity contribution in [3.63, 3.8) is 0 Å². The van der Waals surface area contributed by atoms with Gasteiger partial charge in [-0.25, -0.2) is 4.98 Å². The molecule has 0 aliphatic carbocycles. The maximum Gasteiger partial charge on any atom is 0.190 e. The number of nitrogens with zero attached hydrogens (tertiary/aromatic N) is 2. The molecule has 2 rings (SSSR count). The van der Waals surface area contributed by atoms with E-state index in [2.05, 4.69) is 26.0 Å². The molecule has 136 valence electrons. The molecule has 0 unspecified atom stereocenters. The van der Waals surface area contributed by atoms with Crippen molar-refractivity contribution >= 4 is 17.3 Å². The van der Waals surface area contributed by atoms with E-state index in [1.54, 1.807) is 32.6 Å². The van der Waals surface area contributed by atoms with Crippen molar-refractivity contribution in [1.29, 1.82) is 0 Å². The van der Waals surface area contributed by atoms with Crippen LogP contribution in [0.4, 0.5) is 0 Å². The fourth-order valence-corrected chi connectivity index (χ4v) is 3.09. The number of ether oxygens (including phenoxy) is 2. The Bertz CT molecular complexity index is 700. The monoisotopic (exact) mass is 362 g/mol. The second-order valence-electron chi connectivity index (χ2n) is 5.46. The van der Waals surface area contributed by atoms with Gasteiger partial charge in [0.25, 0.3) is 0 Å². The standard InChI is InChI=1S/C18H26N4O2S/c1-13-22-15(12-25-13)8-10-21-18(19-2)20-9-7-14-11-16(23-3)5-6-17(14)24-4/h5-6,11-12H,7-10H2,1-4H3,(H2,19,20,21). The summed E-state index contributed by atoms with van der Waals surface area (Å²) in [5, 5.41) is 9.84. The summed E-state index contributed by atoms with van der Waals surface area (Å²) in [6.07, 6.45) is 1.70. The highest BCUT2D eigenvalue weighted by Gasteiger charge is 2.06. The average Bonchev–Trinajstić information content (AvgIpc) is 3.05. The Labute approximate surface area is 153 Å². The number of methoxy groups -OCH3 is 2. The van der Waals surface area contributed by atoms with Gasteiger partial charge in [-0.1, -0.05) is 0 Å². The van der Waals surface area contributed by atoms with Gasteiger partial charge in [-0.15, -0.1) is 11.3 Å².